The molecule has 1 aromatic heterocycles. The Hall–Kier alpha value is -0.830. The fraction of sp³-hybridized carbons (Fsp3) is 0.250. The minimum Gasteiger partial charge on any atom is -0.266 e. The zero-order valence-corrected chi connectivity index (χ0v) is 6.88. The lowest BCUT2D eigenvalue weighted by molar-refractivity contribution is 0.903. The molecule has 3 heteroatoms. The van der Waals surface area contributed by atoms with Crippen LogP contribution in [0, 0.1) is 0 Å². The van der Waals surface area contributed by atoms with Crippen LogP contribution in [0.1, 0.15) is 6.42 Å². The standard InChI is InChI=1S/C8H8N2S/c11-7-3-5-10-8-6(7)2-1-4-9-8/h2-3,5,11H,1,4H2. The van der Waals surface area contributed by atoms with E-state index in [1.165, 1.54) is 0 Å². The van der Waals surface area contributed by atoms with Gasteiger partial charge in [0.1, 0.15) is 0 Å². The van der Waals surface area contributed by atoms with Crippen molar-refractivity contribution in [2.45, 2.75) is 11.3 Å². The van der Waals surface area contributed by atoms with E-state index in [9.17, 15) is 0 Å². The van der Waals surface area contributed by atoms with E-state index in [1.54, 1.807) is 6.20 Å². The van der Waals surface area contributed by atoms with Gasteiger partial charge in [-0.3, -0.25) is 4.99 Å². The van der Waals surface area contributed by atoms with Crippen LogP contribution in [0.3, 0.4) is 0 Å². The van der Waals surface area contributed by atoms with Crippen molar-refractivity contribution in [1.82, 2.24) is 4.98 Å². The van der Waals surface area contributed by atoms with Gasteiger partial charge in [-0.05, 0) is 12.5 Å². The number of thiol groups is 1. The lowest BCUT2D eigenvalue weighted by Gasteiger charge is -1.99. The van der Waals surface area contributed by atoms with E-state index in [4.69, 9.17) is 0 Å². The highest BCUT2D eigenvalue weighted by molar-refractivity contribution is 7.80. The molecule has 0 unspecified atom stereocenters. The molecule has 1 aliphatic heterocycles. The van der Waals surface area contributed by atoms with Crippen molar-refractivity contribution in [2.24, 2.45) is 4.99 Å². The van der Waals surface area contributed by atoms with Gasteiger partial charge in [0.15, 0.2) is 5.49 Å². The van der Waals surface area contributed by atoms with Gasteiger partial charge < -0.3 is 0 Å². The summed E-state index contributed by atoms with van der Waals surface area (Å²) in [6.07, 6.45) is 4.88. The summed E-state index contributed by atoms with van der Waals surface area (Å²) in [5.74, 6) is 0. The van der Waals surface area contributed by atoms with Crippen LogP contribution in [-0.4, -0.2) is 11.5 Å². The molecule has 0 spiro atoms. The Kier molecular flexibility index (Phi) is 1.66. The van der Waals surface area contributed by atoms with Crippen molar-refractivity contribution in [3.05, 3.63) is 23.0 Å². The molecule has 0 radical (unpaired) electrons. The van der Waals surface area contributed by atoms with Crippen LogP contribution in [0.5, 0.6) is 0 Å². The number of pyridine rings is 1. The number of hydrogen-bond donors (Lipinski definition) is 1. The van der Waals surface area contributed by atoms with Crippen molar-refractivity contribution in [1.29, 1.82) is 0 Å². The number of fused-ring (bicyclic) bond motifs is 1. The first-order valence-corrected chi connectivity index (χ1v) is 4.01. The molecule has 2 rings (SSSR count). The molecule has 1 aromatic rings. The highest BCUT2D eigenvalue weighted by Crippen LogP contribution is 1.95. The summed E-state index contributed by atoms with van der Waals surface area (Å²) in [5, 5.41) is 1.09. The maximum Gasteiger partial charge on any atom is 0.155 e. The molecule has 0 aromatic carbocycles. The van der Waals surface area contributed by atoms with Crippen molar-refractivity contribution < 1.29 is 0 Å². The average Bonchev–Trinajstić information content (AvgIpc) is 2.06. The molecular formula is C8H8N2S. The third kappa shape index (κ3) is 1.16. The smallest absolute Gasteiger partial charge is 0.155 e. The Balaban J connectivity index is 2.88. The largest absolute Gasteiger partial charge is 0.266 e. The van der Waals surface area contributed by atoms with Crippen LogP contribution in [0.25, 0.3) is 6.08 Å². The van der Waals surface area contributed by atoms with Crippen LogP contribution in [0.4, 0.5) is 0 Å². The van der Waals surface area contributed by atoms with E-state index in [0.29, 0.717) is 0 Å². The normalized spacial score (nSPS) is 14.6. The van der Waals surface area contributed by atoms with Gasteiger partial charge >= 0.3 is 0 Å². The average molecular weight is 164 g/mol. The maximum absolute atomic E-state index is 4.30. The summed E-state index contributed by atoms with van der Waals surface area (Å²) >= 11 is 4.30. The monoisotopic (exact) mass is 164 g/mol. The molecular weight excluding hydrogens is 156 g/mol. The van der Waals surface area contributed by atoms with Crippen LogP contribution in [-0.2, 0) is 0 Å². The molecule has 11 heavy (non-hydrogen) atoms. The number of nitrogens with zero attached hydrogens (tertiary/aromatic N) is 2. The second-order valence-corrected chi connectivity index (χ2v) is 2.92. The Morgan fingerprint density at radius 3 is 3.18 bits per heavy atom. The second kappa shape index (κ2) is 2.66. The fourth-order valence-electron chi connectivity index (χ4n) is 1.15. The molecule has 0 N–H and O–H groups in total. The van der Waals surface area contributed by atoms with Gasteiger partial charge in [0.25, 0.3) is 0 Å². The zero-order chi connectivity index (χ0) is 7.68. The molecule has 0 fully saturated rings. The van der Waals surface area contributed by atoms with Gasteiger partial charge in [-0.2, -0.15) is 0 Å². The predicted molar refractivity (Wildman–Crippen MR) is 46.2 cm³/mol. The Labute approximate surface area is 70.1 Å². The highest BCUT2D eigenvalue weighted by atomic mass is 32.1. The van der Waals surface area contributed by atoms with E-state index >= 15 is 0 Å². The summed E-state index contributed by atoms with van der Waals surface area (Å²) in [4.78, 5) is 9.37. The van der Waals surface area contributed by atoms with Crippen molar-refractivity contribution in [3.8, 4) is 0 Å². The summed E-state index contributed by atoms with van der Waals surface area (Å²) in [7, 11) is 0. The topological polar surface area (TPSA) is 25.2 Å². The predicted octanol–water partition coefficient (Wildman–Crippen LogP) is 0.174. The molecule has 0 aliphatic carbocycles. The SMILES string of the molecule is Sc1ccnc2c1=CCCN=2. The third-order valence-electron chi connectivity index (χ3n) is 1.69. The molecule has 2 heterocycles. The van der Waals surface area contributed by atoms with E-state index in [0.717, 1.165) is 28.6 Å². The van der Waals surface area contributed by atoms with E-state index in [-0.39, 0.29) is 0 Å². The molecule has 0 atom stereocenters. The summed E-state index contributed by atoms with van der Waals surface area (Å²) in [6.45, 7) is 0.858. The quantitative estimate of drug-likeness (QED) is 0.543. The first kappa shape index (κ1) is 6.85. The maximum atomic E-state index is 4.30. The van der Waals surface area contributed by atoms with Crippen LogP contribution >= 0.6 is 12.6 Å². The lowest BCUT2D eigenvalue weighted by Crippen LogP contribution is -2.32. The van der Waals surface area contributed by atoms with Crippen molar-refractivity contribution in [3.63, 3.8) is 0 Å². The van der Waals surface area contributed by atoms with Crippen LogP contribution in [0.2, 0.25) is 0 Å². The zero-order valence-electron chi connectivity index (χ0n) is 5.99. The van der Waals surface area contributed by atoms with Gasteiger partial charge in [-0.25, -0.2) is 4.98 Å². The van der Waals surface area contributed by atoms with E-state index in [2.05, 4.69) is 28.7 Å². The van der Waals surface area contributed by atoms with Crippen LogP contribution in [0.15, 0.2) is 22.2 Å². The van der Waals surface area contributed by atoms with Gasteiger partial charge in [-0.1, -0.05) is 6.08 Å². The minimum atomic E-state index is 0.837. The van der Waals surface area contributed by atoms with E-state index < -0.39 is 0 Å². The number of rotatable bonds is 0. The molecule has 2 nitrogen and oxygen atoms in total. The summed E-state index contributed by atoms with van der Waals surface area (Å²) in [5.41, 5.74) is 0.837. The lowest BCUT2D eigenvalue weighted by atomic mass is 10.2. The fourth-order valence-corrected chi connectivity index (χ4v) is 1.41. The Morgan fingerprint density at radius 2 is 2.36 bits per heavy atom. The second-order valence-electron chi connectivity index (χ2n) is 2.44. The molecule has 56 valence electrons. The van der Waals surface area contributed by atoms with Gasteiger partial charge in [0.05, 0.1) is 0 Å². The molecule has 0 amide bonds. The molecule has 0 saturated carbocycles. The molecule has 1 aliphatic rings. The van der Waals surface area contributed by atoms with Gasteiger partial charge in [-0.15, -0.1) is 12.6 Å². The molecule has 0 saturated heterocycles. The first-order chi connectivity index (χ1) is 5.38. The first-order valence-electron chi connectivity index (χ1n) is 3.56. The molecule has 0 bridgehead atoms. The number of aromatic nitrogens is 1. The Bertz CT molecular complexity index is 384. The van der Waals surface area contributed by atoms with Crippen molar-refractivity contribution in [2.75, 3.05) is 6.54 Å². The summed E-state index contributed by atoms with van der Waals surface area (Å²) in [6, 6.07) is 1.89. The van der Waals surface area contributed by atoms with Crippen LogP contribution < -0.4 is 10.7 Å². The van der Waals surface area contributed by atoms with Crippen molar-refractivity contribution >= 4 is 18.7 Å². The highest BCUT2D eigenvalue weighted by Gasteiger charge is 1.96. The minimum absolute atomic E-state index is 0.837. The van der Waals surface area contributed by atoms with Gasteiger partial charge in [0.2, 0.25) is 0 Å². The third-order valence-corrected chi connectivity index (χ3v) is 2.08. The van der Waals surface area contributed by atoms with E-state index in [1.807, 2.05) is 6.07 Å². The number of hydrogen-bond acceptors (Lipinski definition) is 3. The van der Waals surface area contributed by atoms with Gasteiger partial charge in [0, 0.05) is 22.9 Å². The Morgan fingerprint density at radius 1 is 1.45 bits per heavy atom. The summed E-state index contributed by atoms with van der Waals surface area (Å²) < 4.78 is 0.